The highest BCUT2D eigenvalue weighted by Gasteiger charge is 2.44. The van der Waals surface area contributed by atoms with Crippen molar-refractivity contribution >= 4 is 28.4 Å². The Balaban J connectivity index is 1.66. The lowest BCUT2D eigenvalue weighted by Gasteiger charge is -2.27. The summed E-state index contributed by atoms with van der Waals surface area (Å²) in [5.41, 5.74) is 2.44. The average molecular weight is 393 g/mol. The zero-order valence-corrected chi connectivity index (χ0v) is 16.6. The van der Waals surface area contributed by atoms with Crippen molar-refractivity contribution in [2.24, 2.45) is 5.92 Å². The number of carbonyl (C=O) groups is 2. The van der Waals surface area contributed by atoms with Crippen molar-refractivity contribution in [3.05, 3.63) is 54.2 Å². The molecule has 7 nitrogen and oxygen atoms in total. The highest BCUT2D eigenvalue weighted by molar-refractivity contribution is 5.99. The number of amides is 2. The lowest BCUT2D eigenvalue weighted by Crippen LogP contribution is -2.30. The van der Waals surface area contributed by atoms with Crippen molar-refractivity contribution < 1.29 is 19.1 Å². The van der Waals surface area contributed by atoms with Crippen LogP contribution in [0.4, 0.5) is 5.69 Å². The molecule has 150 valence electrons. The number of aromatic amines is 1. The number of fused-ring (bicyclic) bond motifs is 1. The van der Waals surface area contributed by atoms with Gasteiger partial charge in [0.15, 0.2) is 11.5 Å². The molecule has 0 spiro atoms. The van der Waals surface area contributed by atoms with Crippen molar-refractivity contribution in [2.45, 2.75) is 12.5 Å². The van der Waals surface area contributed by atoms with Gasteiger partial charge >= 0.3 is 0 Å². The topological polar surface area (TPSA) is 83.7 Å². The number of anilines is 1. The fraction of sp³-hybridized carbons (Fsp3) is 0.273. The Hall–Kier alpha value is -3.48. The number of rotatable bonds is 5. The molecule has 0 unspecified atom stereocenters. The highest BCUT2D eigenvalue weighted by atomic mass is 16.5. The van der Waals surface area contributed by atoms with Crippen LogP contribution in [0.2, 0.25) is 0 Å². The Kier molecular flexibility index (Phi) is 4.88. The van der Waals surface area contributed by atoms with Crippen molar-refractivity contribution in [2.75, 3.05) is 26.6 Å². The first-order valence-corrected chi connectivity index (χ1v) is 9.38. The molecule has 0 bridgehead atoms. The maximum atomic E-state index is 13.1. The van der Waals surface area contributed by atoms with Gasteiger partial charge in [0.1, 0.15) is 0 Å². The standard InChI is InChI=1S/C22H23N3O4/c1-25-19(26)12-16(20(25)15-5-4-6-18(28-2)21(15)29-3)22(27)24-14-7-8-17-13(11-14)9-10-23-17/h4-11,16,20,23H,12H2,1-3H3,(H,24,27)/t16-,20+/m0/s1. The van der Waals surface area contributed by atoms with Crippen LogP contribution < -0.4 is 14.8 Å². The molecule has 4 rings (SSSR count). The predicted molar refractivity (Wildman–Crippen MR) is 110 cm³/mol. The van der Waals surface area contributed by atoms with Crippen LogP contribution in [-0.2, 0) is 9.59 Å². The van der Waals surface area contributed by atoms with E-state index in [1.54, 1.807) is 32.2 Å². The van der Waals surface area contributed by atoms with E-state index in [1.807, 2.05) is 42.6 Å². The van der Waals surface area contributed by atoms with Gasteiger partial charge in [0.25, 0.3) is 0 Å². The van der Waals surface area contributed by atoms with Gasteiger partial charge < -0.3 is 24.7 Å². The minimum Gasteiger partial charge on any atom is -0.493 e. The number of likely N-dealkylation sites (tertiary alicyclic amines) is 1. The van der Waals surface area contributed by atoms with E-state index in [1.165, 1.54) is 0 Å². The molecule has 1 fully saturated rings. The Labute approximate surface area is 168 Å². The monoisotopic (exact) mass is 393 g/mol. The molecule has 3 aromatic rings. The van der Waals surface area contributed by atoms with Crippen molar-refractivity contribution in [1.29, 1.82) is 0 Å². The average Bonchev–Trinajstić information content (AvgIpc) is 3.31. The first-order chi connectivity index (χ1) is 14.0. The molecule has 0 radical (unpaired) electrons. The summed E-state index contributed by atoms with van der Waals surface area (Å²) < 4.78 is 10.9. The number of para-hydroxylation sites is 1. The molecule has 0 saturated carbocycles. The summed E-state index contributed by atoms with van der Waals surface area (Å²) in [5, 5.41) is 3.98. The van der Waals surface area contributed by atoms with E-state index in [0.717, 1.165) is 16.5 Å². The Morgan fingerprint density at radius 1 is 1.17 bits per heavy atom. The Bertz CT molecular complexity index is 1070. The zero-order valence-electron chi connectivity index (χ0n) is 16.6. The summed E-state index contributed by atoms with van der Waals surface area (Å²) in [6, 6.07) is 12.7. The molecule has 7 heteroatoms. The SMILES string of the molecule is COc1cccc([C@@H]2[C@@H](C(=O)Nc3ccc4[nH]ccc4c3)CC(=O)N2C)c1OC. The highest BCUT2D eigenvalue weighted by Crippen LogP contribution is 2.44. The van der Waals surface area contributed by atoms with E-state index in [-0.39, 0.29) is 18.2 Å². The first kappa shape index (κ1) is 18.9. The lowest BCUT2D eigenvalue weighted by atomic mass is 9.92. The first-order valence-electron chi connectivity index (χ1n) is 9.38. The van der Waals surface area contributed by atoms with E-state index >= 15 is 0 Å². The summed E-state index contributed by atoms with van der Waals surface area (Å²) in [6.45, 7) is 0. The summed E-state index contributed by atoms with van der Waals surface area (Å²) in [6.07, 6.45) is 1.99. The van der Waals surface area contributed by atoms with Gasteiger partial charge in [-0.15, -0.1) is 0 Å². The largest absolute Gasteiger partial charge is 0.493 e. The molecule has 1 aromatic heterocycles. The van der Waals surface area contributed by atoms with Crippen LogP contribution >= 0.6 is 0 Å². The molecule has 1 saturated heterocycles. The molecule has 2 atom stereocenters. The third-order valence-electron chi connectivity index (χ3n) is 5.50. The summed E-state index contributed by atoms with van der Waals surface area (Å²) in [7, 11) is 4.83. The van der Waals surface area contributed by atoms with Gasteiger partial charge in [0.05, 0.1) is 26.2 Å². The van der Waals surface area contributed by atoms with Gasteiger partial charge in [-0.05, 0) is 30.3 Å². The van der Waals surface area contributed by atoms with E-state index in [9.17, 15) is 9.59 Å². The third-order valence-corrected chi connectivity index (χ3v) is 5.50. The number of H-pyrrole nitrogens is 1. The van der Waals surface area contributed by atoms with Crippen LogP contribution in [0.15, 0.2) is 48.7 Å². The number of nitrogens with zero attached hydrogens (tertiary/aromatic N) is 1. The van der Waals surface area contributed by atoms with E-state index < -0.39 is 12.0 Å². The zero-order chi connectivity index (χ0) is 20.5. The molecule has 0 aliphatic carbocycles. The normalized spacial score (nSPS) is 18.9. The van der Waals surface area contributed by atoms with E-state index in [4.69, 9.17) is 9.47 Å². The van der Waals surface area contributed by atoms with Gasteiger partial charge in [0.2, 0.25) is 11.8 Å². The number of benzene rings is 2. The fourth-order valence-electron chi connectivity index (χ4n) is 4.04. The molecule has 2 heterocycles. The van der Waals surface area contributed by atoms with E-state index in [0.29, 0.717) is 17.2 Å². The molecule has 1 aliphatic heterocycles. The lowest BCUT2D eigenvalue weighted by molar-refractivity contribution is -0.128. The molecular weight excluding hydrogens is 370 g/mol. The van der Waals surface area contributed by atoms with Crippen molar-refractivity contribution in [1.82, 2.24) is 9.88 Å². The van der Waals surface area contributed by atoms with Gasteiger partial charge in [-0.3, -0.25) is 9.59 Å². The third kappa shape index (κ3) is 3.29. The summed E-state index contributed by atoms with van der Waals surface area (Å²) >= 11 is 0. The fourth-order valence-corrected chi connectivity index (χ4v) is 4.04. The number of nitrogens with one attached hydrogen (secondary N) is 2. The number of carbonyl (C=O) groups excluding carboxylic acids is 2. The van der Waals surface area contributed by atoms with Crippen LogP contribution in [0.25, 0.3) is 10.9 Å². The summed E-state index contributed by atoms with van der Waals surface area (Å²) in [5.74, 6) is 0.270. The number of ether oxygens (including phenoxy) is 2. The second-order valence-corrected chi connectivity index (χ2v) is 7.11. The maximum absolute atomic E-state index is 13.1. The van der Waals surface area contributed by atoms with Gasteiger partial charge in [-0.1, -0.05) is 12.1 Å². The maximum Gasteiger partial charge on any atom is 0.230 e. The molecular formula is C22H23N3O4. The number of hydrogen-bond acceptors (Lipinski definition) is 4. The van der Waals surface area contributed by atoms with Crippen molar-refractivity contribution in [3.8, 4) is 11.5 Å². The minimum atomic E-state index is -0.546. The molecule has 29 heavy (non-hydrogen) atoms. The molecule has 2 amide bonds. The van der Waals surface area contributed by atoms with Gasteiger partial charge in [-0.25, -0.2) is 0 Å². The van der Waals surface area contributed by atoms with Crippen LogP contribution in [0.5, 0.6) is 11.5 Å². The Morgan fingerprint density at radius 2 is 2.00 bits per heavy atom. The second kappa shape index (κ2) is 7.50. The van der Waals surface area contributed by atoms with Crippen LogP contribution in [-0.4, -0.2) is 43.0 Å². The number of aromatic nitrogens is 1. The van der Waals surface area contributed by atoms with Crippen LogP contribution in [0.1, 0.15) is 18.0 Å². The van der Waals surface area contributed by atoms with Gasteiger partial charge in [-0.2, -0.15) is 0 Å². The number of methoxy groups -OCH3 is 2. The van der Waals surface area contributed by atoms with Crippen LogP contribution in [0, 0.1) is 5.92 Å². The quantitative estimate of drug-likeness (QED) is 0.696. The predicted octanol–water partition coefficient (Wildman–Crippen LogP) is 3.34. The smallest absolute Gasteiger partial charge is 0.230 e. The summed E-state index contributed by atoms with van der Waals surface area (Å²) in [4.78, 5) is 30.4. The second-order valence-electron chi connectivity index (χ2n) is 7.11. The number of hydrogen-bond donors (Lipinski definition) is 2. The van der Waals surface area contributed by atoms with Crippen molar-refractivity contribution in [3.63, 3.8) is 0 Å². The van der Waals surface area contributed by atoms with Crippen LogP contribution in [0.3, 0.4) is 0 Å². The minimum absolute atomic E-state index is 0.0823. The Morgan fingerprint density at radius 3 is 2.76 bits per heavy atom. The van der Waals surface area contributed by atoms with E-state index in [2.05, 4.69) is 10.3 Å². The molecule has 2 aromatic carbocycles. The molecule has 1 aliphatic rings. The molecule has 2 N–H and O–H groups in total. The van der Waals surface area contributed by atoms with Gasteiger partial charge in [0, 0.05) is 41.8 Å².